The molecular weight excluding hydrogens is 499 g/mol. The summed E-state index contributed by atoms with van der Waals surface area (Å²) >= 11 is 13.5. The fraction of sp³-hybridized carbons (Fsp3) is 0.143. The van der Waals surface area contributed by atoms with Gasteiger partial charge in [0.05, 0.1) is 5.56 Å². The van der Waals surface area contributed by atoms with Gasteiger partial charge in [0.2, 0.25) is 0 Å². The Labute approximate surface area is 200 Å². The molecule has 1 amide bonds. The second kappa shape index (κ2) is 9.50. The van der Waals surface area contributed by atoms with Crippen molar-refractivity contribution >= 4 is 68.7 Å². The molecule has 2 aromatic carbocycles. The number of carbonyl (C=O) groups excluding carboxylic acids is 1. The quantitative estimate of drug-likeness (QED) is 0.219. The first-order valence-electron chi connectivity index (χ1n) is 9.28. The smallest absolute Gasteiger partial charge is 0.387 e. The van der Waals surface area contributed by atoms with Crippen LogP contribution in [0.1, 0.15) is 10.4 Å². The van der Waals surface area contributed by atoms with E-state index in [1.54, 1.807) is 18.2 Å². The number of anilines is 1. The first kappa shape index (κ1) is 23.2. The van der Waals surface area contributed by atoms with Crippen LogP contribution in [0.25, 0.3) is 21.9 Å². The van der Waals surface area contributed by atoms with Crippen LogP contribution in [0.4, 0.5) is 14.5 Å². The molecule has 0 spiro atoms. The summed E-state index contributed by atoms with van der Waals surface area (Å²) in [5, 5.41) is 1.96. The van der Waals surface area contributed by atoms with Gasteiger partial charge < -0.3 is 18.7 Å². The predicted octanol–water partition coefficient (Wildman–Crippen LogP) is 6.65. The van der Waals surface area contributed by atoms with Gasteiger partial charge in [0.1, 0.15) is 15.6 Å². The van der Waals surface area contributed by atoms with Crippen molar-refractivity contribution in [3.05, 3.63) is 58.3 Å². The fourth-order valence-electron chi connectivity index (χ4n) is 3.24. The Balaban J connectivity index is 1.84. The summed E-state index contributed by atoms with van der Waals surface area (Å²) in [5.41, 5.74) is 1.26. The average Bonchev–Trinajstić information content (AvgIpc) is 3.15. The molecule has 12 heteroatoms. The molecule has 4 rings (SSSR count). The average molecular weight is 514 g/mol. The van der Waals surface area contributed by atoms with Crippen LogP contribution in [-0.4, -0.2) is 35.9 Å². The normalized spacial score (nSPS) is 11.2. The van der Waals surface area contributed by atoms with Gasteiger partial charge in [-0.05, 0) is 30.3 Å². The van der Waals surface area contributed by atoms with E-state index in [-0.39, 0.29) is 32.7 Å². The molecule has 0 saturated carbocycles. The number of hydrogen-bond donors (Lipinski definition) is 1. The van der Waals surface area contributed by atoms with E-state index in [1.807, 2.05) is 6.26 Å². The zero-order valence-corrected chi connectivity index (χ0v) is 19.4. The van der Waals surface area contributed by atoms with Crippen molar-refractivity contribution in [3.8, 4) is 11.5 Å². The third-order valence-electron chi connectivity index (χ3n) is 4.57. The second-order valence-electron chi connectivity index (χ2n) is 6.64. The van der Waals surface area contributed by atoms with Crippen LogP contribution in [-0.2, 0) is 0 Å². The number of nitrogens with one attached hydrogen (secondary N) is 1. The maximum Gasteiger partial charge on any atom is 0.387 e. The number of fused-ring (bicyclic) bond motifs is 3. The topological polar surface area (TPSA) is 76.8 Å². The van der Waals surface area contributed by atoms with E-state index in [0.29, 0.717) is 16.4 Å². The van der Waals surface area contributed by atoms with Crippen LogP contribution in [0.2, 0.25) is 10.0 Å². The molecule has 0 aliphatic heterocycles. The number of nitrogens with zero attached hydrogens (tertiary/aromatic N) is 2. The number of halogens is 4. The Hall–Kier alpha value is -2.95. The molecule has 0 bridgehead atoms. The summed E-state index contributed by atoms with van der Waals surface area (Å²) in [4.78, 5) is 22.7. The number of benzene rings is 2. The van der Waals surface area contributed by atoms with Gasteiger partial charge in [0.15, 0.2) is 17.1 Å². The molecule has 2 aromatic heterocycles. The SMILES string of the molecule is CSNc1ccc2oc3c(OC(F)F)ccc(C(=O)N(C)Oc4c(Cl)cncc4Cl)c3c2c1. The van der Waals surface area contributed by atoms with E-state index in [2.05, 4.69) is 14.4 Å². The van der Waals surface area contributed by atoms with Crippen molar-refractivity contribution in [2.45, 2.75) is 6.61 Å². The zero-order valence-electron chi connectivity index (χ0n) is 17.1. The predicted molar refractivity (Wildman–Crippen MR) is 124 cm³/mol. The lowest BCUT2D eigenvalue weighted by atomic mass is 10.0. The summed E-state index contributed by atoms with van der Waals surface area (Å²) in [5.74, 6) is -0.754. The summed E-state index contributed by atoms with van der Waals surface area (Å²) in [6.07, 6.45) is 4.49. The standard InChI is InChI=1S/C21H15Cl2F2N3O4S/c1-28(32-18-13(22)8-26-9-14(18)23)20(29)11-4-6-16(31-21(24)25)19-17(11)12-7-10(27-33-2)3-5-15(12)30-19/h3-9,21,27H,1-2H3. The maximum atomic E-state index is 13.3. The van der Waals surface area contributed by atoms with Gasteiger partial charge in [-0.25, -0.2) is 0 Å². The monoisotopic (exact) mass is 513 g/mol. The molecule has 0 aliphatic carbocycles. The van der Waals surface area contributed by atoms with Gasteiger partial charge in [-0.1, -0.05) is 35.1 Å². The number of hydrogen-bond acceptors (Lipinski definition) is 7. The molecule has 0 saturated heterocycles. The van der Waals surface area contributed by atoms with Crippen LogP contribution >= 0.6 is 35.1 Å². The van der Waals surface area contributed by atoms with Crippen LogP contribution in [0.5, 0.6) is 11.5 Å². The number of amides is 1. The molecule has 2 heterocycles. The molecule has 0 aliphatic rings. The van der Waals surface area contributed by atoms with Crippen LogP contribution in [0, 0.1) is 0 Å². The van der Waals surface area contributed by atoms with Crippen LogP contribution < -0.4 is 14.3 Å². The molecule has 4 aromatic rings. The second-order valence-corrected chi connectivity index (χ2v) is 8.07. The van der Waals surface area contributed by atoms with E-state index >= 15 is 0 Å². The highest BCUT2D eigenvalue weighted by Gasteiger charge is 2.25. The zero-order chi connectivity index (χ0) is 23.7. The Kier molecular flexibility index (Phi) is 6.68. The van der Waals surface area contributed by atoms with Gasteiger partial charge in [-0.2, -0.15) is 13.8 Å². The molecule has 0 unspecified atom stereocenters. The number of hydroxylamine groups is 2. The number of aromatic nitrogens is 1. The lowest BCUT2D eigenvalue weighted by Crippen LogP contribution is -2.30. The van der Waals surface area contributed by atoms with Gasteiger partial charge in [0, 0.05) is 42.2 Å². The molecule has 1 N–H and O–H groups in total. The molecule has 7 nitrogen and oxygen atoms in total. The maximum absolute atomic E-state index is 13.3. The van der Waals surface area contributed by atoms with E-state index in [0.717, 1.165) is 10.8 Å². The minimum atomic E-state index is -3.07. The van der Waals surface area contributed by atoms with Gasteiger partial charge >= 0.3 is 6.61 Å². The summed E-state index contributed by atoms with van der Waals surface area (Å²) in [6.45, 7) is -3.07. The Morgan fingerprint density at radius 2 is 1.94 bits per heavy atom. The molecule has 33 heavy (non-hydrogen) atoms. The number of pyridine rings is 1. The van der Waals surface area contributed by atoms with Gasteiger partial charge in [0.25, 0.3) is 5.91 Å². The van der Waals surface area contributed by atoms with E-state index in [9.17, 15) is 13.6 Å². The highest BCUT2D eigenvalue weighted by Crippen LogP contribution is 2.40. The van der Waals surface area contributed by atoms with Crippen LogP contribution in [0.15, 0.2) is 47.1 Å². The van der Waals surface area contributed by atoms with E-state index < -0.39 is 12.5 Å². The Bertz CT molecular complexity index is 1330. The molecule has 172 valence electrons. The summed E-state index contributed by atoms with van der Waals surface area (Å²) in [7, 11) is 1.37. The van der Waals surface area contributed by atoms with Crippen molar-refractivity contribution in [1.29, 1.82) is 0 Å². The lowest BCUT2D eigenvalue weighted by Gasteiger charge is -2.19. The Morgan fingerprint density at radius 3 is 2.61 bits per heavy atom. The summed E-state index contributed by atoms with van der Waals surface area (Å²) < 4.78 is 39.4. The number of carbonyl (C=O) groups is 1. The molecule has 0 atom stereocenters. The van der Waals surface area contributed by atoms with Crippen molar-refractivity contribution < 1.29 is 27.6 Å². The van der Waals surface area contributed by atoms with E-state index in [4.69, 9.17) is 32.5 Å². The first-order chi connectivity index (χ1) is 15.8. The Morgan fingerprint density at radius 1 is 1.21 bits per heavy atom. The number of alkyl halides is 2. The fourth-order valence-corrected chi connectivity index (χ4v) is 4.04. The van der Waals surface area contributed by atoms with Crippen molar-refractivity contribution in [2.24, 2.45) is 0 Å². The third kappa shape index (κ3) is 4.59. The van der Waals surface area contributed by atoms with Crippen LogP contribution in [0.3, 0.4) is 0 Å². The largest absolute Gasteiger partial charge is 0.452 e. The summed E-state index contributed by atoms with van der Waals surface area (Å²) in [6, 6.07) is 7.79. The highest BCUT2D eigenvalue weighted by atomic mass is 35.5. The minimum absolute atomic E-state index is 0.00540. The molecular formula is C21H15Cl2F2N3O4S. The number of furan rings is 1. The molecule has 0 fully saturated rings. The first-order valence-corrected chi connectivity index (χ1v) is 11.3. The third-order valence-corrected chi connectivity index (χ3v) is 5.55. The highest BCUT2D eigenvalue weighted by molar-refractivity contribution is 7.99. The van der Waals surface area contributed by atoms with Gasteiger partial charge in [-0.15, -0.1) is 0 Å². The van der Waals surface area contributed by atoms with Crippen molar-refractivity contribution in [1.82, 2.24) is 10.0 Å². The lowest BCUT2D eigenvalue weighted by molar-refractivity contribution is -0.0493. The van der Waals surface area contributed by atoms with Crippen molar-refractivity contribution in [2.75, 3.05) is 18.0 Å². The van der Waals surface area contributed by atoms with Crippen molar-refractivity contribution in [3.63, 3.8) is 0 Å². The number of ether oxygens (including phenoxy) is 1. The molecule has 0 radical (unpaired) electrons. The van der Waals surface area contributed by atoms with E-state index in [1.165, 1.54) is 43.5 Å². The minimum Gasteiger partial charge on any atom is -0.452 e. The number of rotatable bonds is 7. The van der Waals surface area contributed by atoms with Gasteiger partial charge in [-0.3, -0.25) is 9.78 Å².